The van der Waals surface area contributed by atoms with Crippen LogP contribution in [0.15, 0.2) is 18.3 Å². The molecule has 8 heteroatoms. The minimum Gasteiger partial charge on any atom is -0.462 e. The zero-order valence-electron chi connectivity index (χ0n) is 20.3. The Morgan fingerprint density at radius 2 is 1.74 bits per heavy atom. The van der Waals surface area contributed by atoms with Gasteiger partial charge in [-0.3, -0.25) is 5.32 Å². The summed E-state index contributed by atoms with van der Waals surface area (Å²) in [5, 5.41) is 5.06. The number of hydrogen-bond donors (Lipinski definition) is 1. The van der Waals surface area contributed by atoms with Crippen molar-refractivity contribution in [3.63, 3.8) is 0 Å². The van der Waals surface area contributed by atoms with Crippen LogP contribution in [0, 0.1) is 0 Å². The highest BCUT2D eigenvalue weighted by Gasteiger charge is 2.34. The third-order valence-corrected chi connectivity index (χ3v) is 10.2. The number of esters is 1. The molecule has 0 aromatic carbocycles. The lowest BCUT2D eigenvalue weighted by molar-refractivity contribution is 0.0526. The molecule has 0 saturated carbocycles. The molecule has 3 aromatic rings. The van der Waals surface area contributed by atoms with Gasteiger partial charge in [-0.05, 0) is 88.5 Å². The fourth-order valence-corrected chi connectivity index (χ4v) is 8.52. The van der Waals surface area contributed by atoms with E-state index in [1.807, 2.05) is 23.2 Å². The molecule has 3 aromatic heterocycles. The van der Waals surface area contributed by atoms with Gasteiger partial charge in [0.05, 0.1) is 24.8 Å². The number of aromatic nitrogens is 1. The van der Waals surface area contributed by atoms with Gasteiger partial charge in [0.1, 0.15) is 10.0 Å². The molecule has 4 heterocycles. The van der Waals surface area contributed by atoms with Crippen molar-refractivity contribution in [1.29, 1.82) is 0 Å². The van der Waals surface area contributed by atoms with Crippen molar-refractivity contribution in [2.24, 2.45) is 0 Å². The Hall–Kier alpha value is -2.58. The Bertz CT molecular complexity index is 1300. The average Bonchev–Trinajstić information content (AvgIpc) is 3.55. The van der Waals surface area contributed by atoms with Crippen molar-refractivity contribution >= 4 is 39.7 Å². The number of amides is 2. The fraction of sp³-hybridized carbons (Fsp3) is 0.481. The maximum atomic E-state index is 13.9. The standard InChI is InChI=1S/C27H31N3O3S2/c1-3-33-26(31)23-18-10-5-7-13-22(18)34-24(23)28-27(32)30-15-19-17-9-4-6-12-21(17)35-25(19)29-14-8-11-20(29)16(30)2/h8,11,14,16H,3-7,9-10,12-13,15H2,1-2H3,(H,28,32)/t16-/m1/s1. The monoisotopic (exact) mass is 509 g/mol. The molecule has 0 radical (unpaired) electrons. The lowest BCUT2D eigenvalue weighted by Gasteiger charge is -2.28. The Morgan fingerprint density at radius 3 is 2.51 bits per heavy atom. The number of carbonyl (C=O) groups is 2. The molecule has 1 aliphatic heterocycles. The minimum atomic E-state index is -0.325. The first kappa shape index (κ1) is 22.9. The van der Waals surface area contributed by atoms with E-state index in [2.05, 4.69) is 35.1 Å². The Kier molecular flexibility index (Phi) is 5.96. The average molecular weight is 510 g/mol. The molecular formula is C27H31N3O3S2. The molecule has 1 atom stereocenters. The van der Waals surface area contributed by atoms with Gasteiger partial charge in [-0.1, -0.05) is 0 Å². The lowest BCUT2D eigenvalue weighted by atomic mass is 9.95. The number of aryl methyl sites for hydroxylation is 2. The Morgan fingerprint density at radius 1 is 1.03 bits per heavy atom. The number of nitrogens with one attached hydrogen (secondary N) is 1. The van der Waals surface area contributed by atoms with Gasteiger partial charge in [-0.15, -0.1) is 22.7 Å². The Labute approximate surface area is 213 Å². The molecule has 2 aliphatic carbocycles. The van der Waals surface area contributed by atoms with Gasteiger partial charge in [0.15, 0.2) is 0 Å². The smallest absolute Gasteiger partial charge is 0.341 e. The lowest BCUT2D eigenvalue weighted by Crippen LogP contribution is -2.36. The second-order valence-electron chi connectivity index (χ2n) is 9.67. The van der Waals surface area contributed by atoms with Gasteiger partial charge in [-0.2, -0.15) is 0 Å². The van der Waals surface area contributed by atoms with Gasteiger partial charge in [-0.25, -0.2) is 9.59 Å². The summed E-state index contributed by atoms with van der Waals surface area (Å²) in [5.74, 6) is -0.325. The number of fused-ring (bicyclic) bond motifs is 6. The van der Waals surface area contributed by atoms with Crippen molar-refractivity contribution in [1.82, 2.24) is 9.47 Å². The van der Waals surface area contributed by atoms with Crippen LogP contribution in [0.1, 0.15) is 88.1 Å². The molecule has 1 N–H and O–H groups in total. The van der Waals surface area contributed by atoms with E-state index in [9.17, 15) is 9.59 Å². The number of thiophene rings is 2. The van der Waals surface area contributed by atoms with Crippen LogP contribution in [0.3, 0.4) is 0 Å². The molecule has 0 bridgehead atoms. The molecule has 0 fully saturated rings. The number of anilines is 1. The number of nitrogens with zero attached hydrogens (tertiary/aromatic N) is 2. The molecule has 184 valence electrons. The molecular weight excluding hydrogens is 478 g/mol. The van der Waals surface area contributed by atoms with E-state index in [0.29, 0.717) is 23.7 Å². The fourth-order valence-electron chi connectivity index (χ4n) is 5.85. The van der Waals surface area contributed by atoms with E-state index >= 15 is 0 Å². The number of urea groups is 1. The predicted molar refractivity (Wildman–Crippen MR) is 140 cm³/mol. The van der Waals surface area contributed by atoms with Crippen LogP contribution >= 0.6 is 22.7 Å². The van der Waals surface area contributed by atoms with Gasteiger partial charge < -0.3 is 14.2 Å². The molecule has 6 rings (SSSR count). The first-order valence-electron chi connectivity index (χ1n) is 12.8. The van der Waals surface area contributed by atoms with E-state index in [0.717, 1.165) is 49.8 Å². The summed E-state index contributed by atoms with van der Waals surface area (Å²) in [6.07, 6.45) is 10.8. The molecule has 6 nitrogen and oxygen atoms in total. The van der Waals surface area contributed by atoms with Crippen LogP contribution in [0.4, 0.5) is 9.80 Å². The molecule has 2 amide bonds. The van der Waals surface area contributed by atoms with Gasteiger partial charge >= 0.3 is 12.0 Å². The van der Waals surface area contributed by atoms with E-state index in [-0.39, 0.29) is 18.0 Å². The molecule has 35 heavy (non-hydrogen) atoms. The van der Waals surface area contributed by atoms with Crippen molar-refractivity contribution in [3.8, 4) is 5.00 Å². The number of carbonyl (C=O) groups excluding carboxylic acids is 2. The Balaban J connectivity index is 1.37. The summed E-state index contributed by atoms with van der Waals surface area (Å²) in [6, 6.07) is 3.94. The van der Waals surface area contributed by atoms with Gasteiger partial charge in [0.2, 0.25) is 0 Å². The summed E-state index contributed by atoms with van der Waals surface area (Å²) in [5.41, 5.74) is 5.49. The quantitative estimate of drug-likeness (QED) is 0.402. The SMILES string of the molecule is CCOC(=O)c1c(NC(=O)N2Cc3c(sc4c3CCCC4)-n3cccc3[C@H]2C)sc2c1CCCC2. The van der Waals surface area contributed by atoms with Crippen molar-refractivity contribution in [2.75, 3.05) is 11.9 Å². The zero-order chi connectivity index (χ0) is 24.1. The third-order valence-electron chi connectivity index (χ3n) is 7.61. The molecule has 3 aliphatic rings. The van der Waals surface area contributed by atoms with Crippen LogP contribution < -0.4 is 5.32 Å². The second kappa shape index (κ2) is 9.13. The number of hydrogen-bond acceptors (Lipinski definition) is 5. The van der Waals surface area contributed by atoms with E-state index in [4.69, 9.17) is 4.74 Å². The van der Waals surface area contributed by atoms with Crippen LogP contribution in [-0.4, -0.2) is 28.1 Å². The van der Waals surface area contributed by atoms with Crippen LogP contribution in [0.2, 0.25) is 0 Å². The van der Waals surface area contributed by atoms with Crippen LogP contribution in [0.5, 0.6) is 0 Å². The number of rotatable bonds is 3. The maximum absolute atomic E-state index is 13.9. The molecule has 0 unspecified atom stereocenters. The zero-order valence-corrected chi connectivity index (χ0v) is 21.9. The first-order chi connectivity index (χ1) is 17.1. The van der Waals surface area contributed by atoms with E-state index in [1.165, 1.54) is 38.7 Å². The molecule has 0 spiro atoms. The van der Waals surface area contributed by atoms with E-state index in [1.54, 1.807) is 11.3 Å². The highest BCUT2D eigenvalue weighted by Crippen LogP contribution is 2.43. The van der Waals surface area contributed by atoms with Gasteiger partial charge in [0, 0.05) is 27.2 Å². The third kappa shape index (κ3) is 3.82. The summed E-state index contributed by atoms with van der Waals surface area (Å²) in [7, 11) is 0. The van der Waals surface area contributed by atoms with E-state index < -0.39 is 0 Å². The summed E-state index contributed by atoms with van der Waals surface area (Å²) >= 11 is 3.44. The largest absolute Gasteiger partial charge is 0.462 e. The number of ether oxygens (including phenoxy) is 1. The van der Waals surface area contributed by atoms with Crippen LogP contribution in [0.25, 0.3) is 5.00 Å². The van der Waals surface area contributed by atoms with Crippen molar-refractivity contribution in [3.05, 3.63) is 56.0 Å². The molecule has 0 saturated heterocycles. The topological polar surface area (TPSA) is 63.6 Å². The summed E-state index contributed by atoms with van der Waals surface area (Å²) in [4.78, 5) is 31.4. The van der Waals surface area contributed by atoms with Crippen LogP contribution in [-0.2, 0) is 37.0 Å². The highest BCUT2D eigenvalue weighted by atomic mass is 32.1. The second-order valence-corrected chi connectivity index (χ2v) is 11.9. The predicted octanol–water partition coefficient (Wildman–Crippen LogP) is 6.64. The maximum Gasteiger partial charge on any atom is 0.341 e. The van der Waals surface area contributed by atoms with Crippen molar-refractivity contribution < 1.29 is 14.3 Å². The summed E-state index contributed by atoms with van der Waals surface area (Å²) < 4.78 is 7.68. The summed E-state index contributed by atoms with van der Waals surface area (Å²) in [6.45, 7) is 4.82. The normalized spacial score (nSPS) is 18.7. The van der Waals surface area contributed by atoms with Gasteiger partial charge in [0.25, 0.3) is 0 Å². The van der Waals surface area contributed by atoms with Crippen molar-refractivity contribution in [2.45, 2.75) is 77.8 Å². The first-order valence-corrected chi connectivity index (χ1v) is 14.4. The highest BCUT2D eigenvalue weighted by molar-refractivity contribution is 7.17. The minimum absolute atomic E-state index is 0.0931.